The van der Waals surface area contributed by atoms with E-state index in [1.165, 1.54) is 0 Å². The summed E-state index contributed by atoms with van der Waals surface area (Å²) in [5.74, 6) is -0.846. The van der Waals surface area contributed by atoms with Crippen molar-refractivity contribution in [3.05, 3.63) is 59.7 Å². The maximum Gasteiger partial charge on any atom is 0.244 e. The van der Waals surface area contributed by atoms with Crippen molar-refractivity contribution >= 4 is 21.5 Å². The topological polar surface area (TPSA) is 75.6 Å². The molecule has 1 fully saturated rings. The standard InChI is InChI=1S/C18H16N2O3S/c21-18(12-9-10-24(22,23)11-12)20-19-17-15-7-3-1-5-13(15)14-6-2-4-8-16(14)17/h1-8,12H,9-11H2,(H,20,21)/t12-/m1/s1. The normalized spacial score (nSPS) is 20.3. The van der Waals surface area contributed by atoms with E-state index in [1.807, 2.05) is 48.5 Å². The highest BCUT2D eigenvalue weighted by atomic mass is 32.2. The fraction of sp³-hybridized carbons (Fsp3) is 0.222. The number of hydrazone groups is 1. The molecule has 0 saturated carbocycles. The molecule has 1 aliphatic carbocycles. The molecule has 1 heterocycles. The zero-order valence-corrected chi connectivity index (χ0v) is 13.7. The summed E-state index contributed by atoms with van der Waals surface area (Å²) in [4.78, 5) is 12.2. The van der Waals surface area contributed by atoms with Crippen LogP contribution in [0.5, 0.6) is 0 Å². The molecule has 0 spiro atoms. The van der Waals surface area contributed by atoms with Crippen LogP contribution in [0, 0.1) is 5.92 Å². The third kappa shape index (κ3) is 2.53. The van der Waals surface area contributed by atoms with Gasteiger partial charge in [-0.1, -0.05) is 48.5 Å². The average Bonchev–Trinajstić information content (AvgIpc) is 3.11. The molecule has 1 aliphatic heterocycles. The molecule has 2 aromatic carbocycles. The van der Waals surface area contributed by atoms with Crippen molar-refractivity contribution < 1.29 is 13.2 Å². The summed E-state index contributed by atoms with van der Waals surface area (Å²) in [6, 6.07) is 15.8. The molecule has 1 amide bonds. The number of nitrogens with zero attached hydrogens (tertiary/aromatic N) is 1. The Bertz CT molecular complexity index is 916. The summed E-state index contributed by atoms with van der Waals surface area (Å²) in [5, 5.41) is 4.32. The second-order valence-electron chi connectivity index (χ2n) is 6.13. The molecule has 0 radical (unpaired) electrons. The minimum atomic E-state index is -3.08. The van der Waals surface area contributed by atoms with E-state index in [-0.39, 0.29) is 17.4 Å². The van der Waals surface area contributed by atoms with Gasteiger partial charge in [0, 0.05) is 11.1 Å². The van der Waals surface area contributed by atoms with Crippen LogP contribution in [0.4, 0.5) is 0 Å². The zero-order chi connectivity index (χ0) is 16.7. The summed E-state index contributed by atoms with van der Waals surface area (Å²) in [6.07, 6.45) is 0.367. The first-order valence-corrected chi connectivity index (χ1v) is 9.64. The predicted octanol–water partition coefficient (Wildman–Crippen LogP) is 1.97. The van der Waals surface area contributed by atoms with Crippen LogP contribution in [0.3, 0.4) is 0 Å². The Morgan fingerprint density at radius 3 is 2.00 bits per heavy atom. The molecule has 5 nitrogen and oxygen atoms in total. The van der Waals surface area contributed by atoms with Gasteiger partial charge in [-0.15, -0.1) is 0 Å². The van der Waals surface area contributed by atoms with Gasteiger partial charge in [-0.25, -0.2) is 13.8 Å². The van der Waals surface area contributed by atoms with Gasteiger partial charge in [0.15, 0.2) is 9.84 Å². The third-order valence-corrected chi connectivity index (χ3v) is 6.30. The monoisotopic (exact) mass is 340 g/mol. The van der Waals surface area contributed by atoms with Crippen molar-refractivity contribution in [1.29, 1.82) is 0 Å². The van der Waals surface area contributed by atoms with Crippen LogP contribution in [0.1, 0.15) is 17.5 Å². The summed E-state index contributed by atoms with van der Waals surface area (Å²) in [7, 11) is -3.08. The van der Waals surface area contributed by atoms with E-state index in [0.717, 1.165) is 28.0 Å². The lowest BCUT2D eigenvalue weighted by Crippen LogP contribution is -2.28. The van der Waals surface area contributed by atoms with Gasteiger partial charge in [0.05, 0.1) is 23.1 Å². The van der Waals surface area contributed by atoms with E-state index < -0.39 is 15.8 Å². The molecule has 2 aliphatic rings. The van der Waals surface area contributed by atoms with Gasteiger partial charge in [-0.2, -0.15) is 5.10 Å². The van der Waals surface area contributed by atoms with Gasteiger partial charge < -0.3 is 0 Å². The number of carbonyl (C=O) groups excluding carboxylic acids is 1. The minimum Gasteiger partial charge on any atom is -0.273 e. The van der Waals surface area contributed by atoms with Gasteiger partial charge >= 0.3 is 0 Å². The second-order valence-corrected chi connectivity index (χ2v) is 8.36. The molecule has 0 unspecified atom stereocenters. The van der Waals surface area contributed by atoms with Crippen LogP contribution < -0.4 is 5.43 Å². The molecule has 1 N–H and O–H groups in total. The van der Waals surface area contributed by atoms with Crippen molar-refractivity contribution in [1.82, 2.24) is 5.43 Å². The lowest BCUT2D eigenvalue weighted by molar-refractivity contribution is -0.124. The molecule has 1 saturated heterocycles. The van der Waals surface area contributed by atoms with Crippen LogP contribution in [0.2, 0.25) is 0 Å². The number of nitrogens with one attached hydrogen (secondary N) is 1. The Balaban J connectivity index is 1.64. The Hall–Kier alpha value is -2.47. The highest BCUT2D eigenvalue weighted by Crippen LogP contribution is 2.36. The molecule has 0 bridgehead atoms. The summed E-state index contributed by atoms with van der Waals surface area (Å²) in [5.41, 5.74) is 7.40. The molecule has 1 atom stereocenters. The van der Waals surface area contributed by atoms with E-state index in [2.05, 4.69) is 10.5 Å². The van der Waals surface area contributed by atoms with Crippen molar-refractivity contribution in [2.45, 2.75) is 6.42 Å². The predicted molar refractivity (Wildman–Crippen MR) is 92.4 cm³/mol. The summed E-state index contributed by atoms with van der Waals surface area (Å²) < 4.78 is 23.0. The zero-order valence-electron chi connectivity index (χ0n) is 12.9. The molecule has 2 aromatic rings. The Kier molecular flexibility index (Phi) is 3.49. The molecular weight excluding hydrogens is 324 g/mol. The van der Waals surface area contributed by atoms with Crippen LogP contribution in [-0.2, 0) is 14.6 Å². The molecule has 24 heavy (non-hydrogen) atoms. The highest BCUT2D eigenvalue weighted by Gasteiger charge is 2.33. The molecule has 122 valence electrons. The van der Waals surface area contributed by atoms with Gasteiger partial charge in [-0.3, -0.25) is 4.79 Å². The molecule has 6 heteroatoms. The quantitative estimate of drug-likeness (QED) is 0.725. The highest BCUT2D eigenvalue weighted by molar-refractivity contribution is 7.91. The van der Waals surface area contributed by atoms with Gasteiger partial charge in [0.2, 0.25) is 5.91 Å². The van der Waals surface area contributed by atoms with Crippen LogP contribution >= 0.6 is 0 Å². The number of rotatable bonds is 2. The smallest absolute Gasteiger partial charge is 0.244 e. The van der Waals surface area contributed by atoms with E-state index in [9.17, 15) is 13.2 Å². The van der Waals surface area contributed by atoms with E-state index in [0.29, 0.717) is 6.42 Å². The fourth-order valence-corrected chi connectivity index (χ4v) is 5.06. The number of hydrogen-bond acceptors (Lipinski definition) is 4. The fourth-order valence-electron chi connectivity index (χ4n) is 3.32. The summed E-state index contributed by atoms with van der Waals surface area (Å²) >= 11 is 0. The minimum absolute atomic E-state index is 0.0767. The van der Waals surface area contributed by atoms with Crippen molar-refractivity contribution in [2.24, 2.45) is 11.0 Å². The van der Waals surface area contributed by atoms with Crippen LogP contribution in [-0.4, -0.2) is 31.5 Å². The van der Waals surface area contributed by atoms with E-state index in [4.69, 9.17) is 0 Å². The van der Waals surface area contributed by atoms with Crippen LogP contribution in [0.25, 0.3) is 11.1 Å². The number of fused-ring (bicyclic) bond motifs is 3. The maximum atomic E-state index is 12.2. The number of amides is 1. The number of sulfone groups is 1. The van der Waals surface area contributed by atoms with Gasteiger partial charge in [0.25, 0.3) is 0 Å². The third-order valence-electron chi connectivity index (χ3n) is 4.54. The van der Waals surface area contributed by atoms with Gasteiger partial charge in [0.1, 0.15) is 0 Å². The Labute approximate surface area is 140 Å². The first kappa shape index (κ1) is 15.1. The first-order valence-electron chi connectivity index (χ1n) is 7.82. The number of carbonyl (C=O) groups is 1. The SMILES string of the molecule is O=C(NN=C1c2ccccc2-c2ccccc21)[C@@H]1CCS(=O)(=O)C1. The van der Waals surface area contributed by atoms with Crippen LogP contribution in [0.15, 0.2) is 53.6 Å². The van der Waals surface area contributed by atoms with Crippen molar-refractivity contribution in [2.75, 3.05) is 11.5 Å². The van der Waals surface area contributed by atoms with Gasteiger partial charge in [-0.05, 0) is 17.5 Å². The molecular formula is C18H16N2O3S. The average molecular weight is 340 g/mol. The van der Waals surface area contributed by atoms with Crippen molar-refractivity contribution in [3.8, 4) is 11.1 Å². The van der Waals surface area contributed by atoms with E-state index >= 15 is 0 Å². The maximum absolute atomic E-state index is 12.2. The summed E-state index contributed by atoms with van der Waals surface area (Å²) in [6.45, 7) is 0. The lowest BCUT2D eigenvalue weighted by Gasteiger charge is -2.07. The first-order chi connectivity index (χ1) is 11.6. The van der Waals surface area contributed by atoms with Crippen molar-refractivity contribution in [3.63, 3.8) is 0 Å². The Morgan fingerprint density at radius 2 is 1.50 bits per heavy atom. The van der Waals surface area contributed by atoms with E-state index in [1.54, 1.807) is 0 Å². The molecule has 0 aromatic heterocycles. The lowest BCUT2D eigenvalue weighted by atomic mass is 10.1. The molecule has 4 rings (SSSR count). The number of benzene rings is 2. The number of hydrogen-bond donors (Lipinski definition) is 1. The largest absolute Gasteiger partial charge is 0.273 e. The second kappa shape index (κ2) is 5.56. The Morgan fingerprint density at radius 1 is 0.958 bits per heavy atom.